The quantitative estimate of drug-likeness (QED) is 0.0381. The number of guanidine groups is 1. The summed E-state index contributed by atoms with van der Waals surface area (Å²) in [6.07, 6.45) is -5.69. The zero-order valence-electron chi connectivity index (χ0n) is 32.1. The maximum atomic E-state index is 13.2. The van der Waals surface area contributed by atoms with Crippen molar-refractivity contribution in [1.29, 1.82) is 0 Å². The number of aliphatic carboxylic acids is 1. The predicted octanol–water partition coefficient (Wildman–Crippen LogP) is -6.44. The molecule has 11 unspecified atom stereocenters. The van der Waals surface area contributed by atoms with Gasteiger partial charge in [0.25, 0.3) is 0 Å². The number of aliphatic hydroxyl groups excluding tert-OH is 3. The highest BCUT2D eigenvalue weighted by Gasteiger charge is 2.49. The lowest BCUT2D eigenvalue weighted by atomic mass is 9.95. The summed E-state index contributed by atoms with van der Waals surface area (Å²) in [7, 11) is 0. The van der Waals surface area contributed by atoms with Crippen molar-refractivity contribution in [3.05, 3.63) is 0 Å². The minimum Gasteiger partial charge on any atom is -0.480 e. The van der Waals surface area contributed by atoms with Crippen LogP contribution >= 0.6 is 0 Å². The molecule has 20 N–H and O–H groups in total. The van der Waals surface area contributed by atoms with Crippen LogP contribution in [0, 0.1) is 0 Å². The molecular weight excluding hydrogens is 756 g/mol. The van der Waals surface area contributed by atoms with Crippen molar-refractivity contribution in [1.82, 2.24) is 31.9 Å². The van der Waals surface area contributed by atoms with Gasteiger partial charge in [-0.2, -0.15) is 0 Å². The second-order valence-electron chi connectivity index (χ2n) is 14.1. The van der Waals surface area contributed by atoms with E-state index in [1.807, 2.05) is 0 Å². The minimum atomic E-state index is -1.71. The Morgan fingerprint density at radius 1 is 0.930 bits per heavy atom. The molecule has 2 aliphatic heterocycles. The molecule has 57 heavy (non-hydrogen) atoms. The number of nitrogens with one attached hydrogen (secondary N) is 6. The van der Waals surface area contributed by atoms with E-state index in [-0.39, 0.29) is 68.5 Å². The standard InChI is InChI=1S/C33H62N12O12/c1-16(47)41-19(7-4-10-39-22(49)11-17(36)5-2-8-34)13-23(50)40-9-3-6-18(37)12-24(51)42-27-28(52)29(57-32(38)55)21(15-46)56-30(27)45-33-43-25(20(48)14-35)26(44-33)31(53)54/h17-21,25-30,46,48,52H,2-15,34-37H2,1H3,(H2,38,55)(H,39,49)(H,40,50)(H,41,47)(H,42,51)(H,53,54)(H2,43,44,45). The van der Waals surface area contributed by atoms with Gasteiger partial charge in [-0.15, -0.1) is 0 Å². The van der Waals surface area contributed by atoms with E-state index in [2.05, 4.69) is 36.9 Å². The van der Waals surface area contributed by atoms with Crippen molar-refractivity contribution in [2.24, 2.45) is 33.7 Å². The number of nitrogens with zero attached hydrogens (tertiary/aromatic N) is 1. The lowest BCUT2D eigenvalue weighted by Crippen LogP contribution is -2.69. The van der Waals surface area contributed by atoms with Crippen LogP contribution in [0.2, 0.25) is 0 Å². The van der Waals surface area contributed by atoms with E-state index >= 15 is 0 Å². The van der Waals surface area contributed by atoms with Crippen LogP contribution in [-0.2, 0) is 33.4 Å². The summed E-state index contributed by atoms with van der Waals surface area (Å²) in [6.45, 7) is 1.35. The SMILES string of the molecule is CC(=O)NC(CCCNC(=O)CC(N)CCCN)CC(=O)NCCCC(N)CC(=O)NC1C(NC2=NC(C(=O)O)C(C(O)CN)N2)OC(CO)C(OC(N)=O)C1O. The Morgan fingerprint density at radius 3 is 2.09 bits per heavy atom. The number of amides is 5. The number of carbonyl (C=O) groups is 6. The first-order valence-electron chi connectivity index (χ1n) is 18.9. The van der Waals surface area contributed by atoms with Crippen LogP contribution in [0.5, 0.6) is 0 Å². The molecule has 0 aromatic heterocycles. The number of hydrogen-bond donors (Lipinski definition) is 15. The number of nitrogens with two attached hydrogens (primary N) is 5. The molecule has 24 heteroatoms. The third kappa shape index (κ3) is 17.3. The lowest BCUT2D eigenvalue weighted by molar-refractivity contribution is -0.198. The van der Waals surface area contributed by atoms with Gasteiger partial charge in [-0.05, 0) is 45.1 Å². The van der Waals surface area contributed by atoms with Gasteiger partial charge in [0.1, 0.15) is 18.2 Å². The first kappa shape index (κ1) is 48.7. The number of carbonyl (C=O) groups excluding carboxylic acids is 5. The van der Waals surface area contributed by atoms with Crippen LogP contribution < -0.4 is 60.6 Å². The number of ether oxygens (including phenoxy) is 2. The number of aliphatic imine (C=N–C) groups is 1. The summed E-state index contributed by atoms with van der Waals surface area (Å²) in [4.78, 5) is 77.0. The van der Waals surface area contributed by atoms with Crippen LogP contribution in [0.25, 0.3) is 0 Å². The molecule has 326 valence electrons. The largest absolute Gasteiger partial charge is 0.480 e. The van der Waals surface area contributed by atoms with Crippen LogP contribution in [0.4, 0.5) is 4.79 Å². The monoisotopic (exact) mass is 818 g/mol. The fourth-order valence-corrected chi connectivity index (χ4v) is 6.39. The van der Waals surface area contributed by atoms with Crippen molar-refractivity contribution >= 4 is 41.7 Å². The van der Waals surface area contributed by atoms with Gasteiger partial charge in [-0.3, -0.25) is 19.2 Å². The third-order valence-corrected chi connectivity index (χ3v) is 9.22. The average Bonchev–Trinajstić information content (AvgIpc) is 3.57. The van der Waals surface area contributed by atoms with E-state index in [0.717, 1.165) is 6.42 Å². The third-order valence-electron chi connectivity index (χ3n) is 9.22. The highest BCUT2D eigenvalue weighted by atomic mass is 16.6. The van der Waals surface area contributed by atoms with Crippen molar-refractivity contribution in [2.45, 2.75) is 132 Å². The van der Waals surface area contributed by atoms with E-state index in [1.54, 1.807) is 0 Å². The molecule has 0 aliphatic carbocycles. The fourth-order valence-electron chi connectivity index (χ4n) is 6.39. The average molecular weight is 819 g/mol. The van der Waals surface area contributed by atoms with Crippen molar-refractivity contribution < 1.29 is 58.7 Å². The molecule has 11 atom stereocenters. The summed E-state index contributed by atoms with van der Waals surface area (Å²) >= 11 is 0. The molecule has 0 spiro atoms. The van der Waals surface area contributed by atoms with Crippen LogP contribution in [-0.4, -0.2) is 162 Å². The van der Waals surface area contributed by atoms with Gasteiger partial charge >= 0.3 is 12.1 Å². The Bertz CT molecular complexity index is 1360. The lowest BCUT2D eigenvalue weighted by Gasteiger charge is -2.44. The number of aliphatic hydroxyl groups is 3. The molecule has 0 aromatic rings. The van der Waals surface area contributed by atoms with E-state index < -0.39 is 85.4 Å². The molecule has 0 radical (unpaired) electrons. The highest BCUT2D eigenvalue weighted by Crippen LogP contribution is 2.24. The maximum absolute atomic E-state index is 13.2. The smallest absolute Gasteiger partial charge is 0.404 e. The number of carboxylic acids is 1. The van der Waals surface area contributed by atoms with Gasteiger partial charge in [0.2, 0.25) is 23.6 Å². The van der Waals surface area contributed by atoms with E-state index in [4.69, 9.17) is 38.1 Å². The van der Waals surface area contributed by atoms with Crippen molar-refractivity contribution in [2.75, 3.05) is 32.8 Å². The van der Waals surface area contributed by atoms with Gasteiger partial charge in [-0.25, -0.2) is 14.6 Å². The predicted molar refractivity (Wildman–Crippen MR) is 202 cm³/mol. The van der Waals surface area contributed by atoms with Gasteiger partial charge in [0.05, 0.1) is 18.8 Å². The Hall–Kier alpha value is -4.43. The summed E-state index contributed by atoms with van der Waals surface area (Å²) in [5.41, 5.74) is 28.2. The van der Waals surface area contributed by atoms with Crippen molar-refractivity contribution in [3.63, 3.8) is 0 Å². The zero-order valence-corrected chi connectivity index (χ0v) is 32.1. The van der Waals surface area contributed by atoms with Gasteiger partial charge in [0.15, 0.2) is 24.3 Å². The summed E-state index contributed by atoms with van der Waals surface area (Å²) in [5.74, 6) is -3.05. The van der Waals surface area contributed by atoms with Crippen molar-refractivity contribution in [3.8, 4) is 0 Å². The second-order valence-corrected chi connectivity index (χ2v) is 14.1. The van der Waals surface area contributed by atoms with E-state index in [0.29, 0.717) is 38.8 Å². The molecule has 1 fully saturated rings. The molecule has 24 nitrogen and oxygen atoms in total. The molecule has 0 bridgehead atoms. The molecular formula is C33H62N12O12. The first-order valence-corrected chi connectivity index (χ1v) is 18.9. The normalized spacial score (nSPS) is 25.1. The number of carboxylic acid groups (broad SMARTS) is 1. The molecule has 1 saturated heterocycles. The Balaban J connectivity index is 1.91. The number of rotatable bonds is 25. The highest BCUT2D eigenvalue weighted by molar-refractivity contribution is 5.89. The zero-order chi connectivity index (χ0) is 42.7. The molecule has 2 heterocycles. The van der Waals surface area contributed by atoms with Gasteiger partial charge in [0, 0.05) is 63.9 Å². The number of primary amides is 1. The number of hydrogen-bond acceptors (Lipinski definition) is 18. The maximum Gasteiger partial charge on any atom is 0.404 e. The Labute approximate surface area is 330 Å². The summed E-state index contributed by atoms with van der Waals surface area (Å²) < 4.78 is 10.7. The molecule has 2 aliphatic rings. The summed E-state index contributed by atoms with van der Waals surface area (Å²) in [5, 5.41) is 57.2. The Kier molecular flexibility index (Phi) is 21.4. The topological polar surface area (TPSA) is 416 Å². The van der Waals surface area contributed by atoms with Crippen LogP contribution in [0.15, 0.2) is 4.99 Å². The molecule has 0 saturated carbocycles. The minimum absolute atomic E-state index is 0.00228. The molecule has 5 amide bonds. The van der Waals surface area contributed by atoms with E-state index in [9.17, 15) is 49.2 Å². The fraction of sp³-hybridized carbons (Fsp3) is 0.788. The Morgan fingerprint density at radius 2 is 1.53 bits per heavy atom. The van der Waals surface area contributed by atoms with E-state index in [1.165, 1.54) is 6.92 Å². The van der Waals surface area contributed by atoms with Gasteiger partial charge in [-0.1, -0.05) is 0 Å². The molecule has 0 aromatic carbocycles. The van der Waals surface area contributed by atoms with Gasteiger partial charge < -0.3 is 90.5 Å². The summed E-state index contributed by atoms with van der Waals surface area (Å²) in [6, 6.07) is -5.46. The second kappa shape index (κ2) is 25.0. The van der Waals surface area contributed by atoms with Crippen LogP contribution in [0.1, 0.15) is 64.7 Å². The first-order chi connectivity index (χ1) is 27.0. The molecule has 2 rings (SSSR count). The van der Waals surface area contributed by atoms with Crippen LogP contribution in [0.3, 0.4) is 0 Å².